The van der Waals surface area contributed by atoms with Gasteiger partial charge in [0.2, 0.25) is 0 Å². The molecule has 0 aliphatic carbocycles. The van der Waals surface area contributed by atoms with E-state index in [-0.39, 0.29) is 6.04 Å². The first kappa shape index (κ1) is 12.7. The molecule has 3 nitrogen and oxygen atoms in total. The van der Waals surface area contributed by atoms with Crippen LogP contribution in [0.5, 0.6) is 0 Å². The van der Waals surface area contributed by atoms with Crippen LogP contribution < -0.4 is 0 Å². The van der Waals surface area contributed by atoms with E-state index in [1.165, 1.54) is 0 Å². The summed E-state index contributed by atoms with van der Waals surface area (Å²) in [6.07, 6.45) is 0. The molecule has 1 heterocycles. The lowest BCUT2D eigenvalue weighted by atomic mass is 10.3. The number of alkyl halides is 1. The summed E-state index contributed by atoms with van der Waals surface area (Å²) in [6, 6.07) is 5.87. The van der Waals surface area contributed by atoms with E-state index in [1.54, 1.807) is 7.11 Å². The molecule has 1 aromatic heterocycles. The molecule has 0 aliphatic rings. The standard InChI is InChI=1S/C12H14Cl2N2O/c1-8(7-17-2)16-11-4-3-9(14)5-10(11)15-12(16)6-13/h3-5,8H,6-7H2,1-2H3. The summed E-state index contributed by atoms with van der Waals surface area (Å²) in [5.74, 6) is 1.22. The number of hydrogen-bond donors (Lipinski definition) is 0. The van der Waals surface area contributed by atoms with Crippen LogP contribution in [0.25, 0.3) is 11.0 Å². The highest BCUT2D eigenvalue weighted by Crippen LogP contribution is 2.25. The summed E-state index contributed by atoms with van der Waals surface area (Å²) in [5.41, 5.74) is 1.91. The largest absolute Gasteiger partial charge is 0.383 e. The lowest BCUT2D eigenvalue weighted by Gasteiger charge is -2.15. The average molecular weight is 273 g/mol. The van der Waals surface area contributed by atoms with Gasteiger partial charge in [0.15, 0.2) is 0 Å². The number of fused-ring (bicyclic) bond motifs is 1. The van der Waals surface area contributed by atoms with Crippen molar-refractivity contribution < 1.29 is 4.74 Å². The number of halogens is 2. The Labute approximate surface area is 110 Å². The number of rotatable bonds is 4. The first-order valence-corrected chi connectivity index (χ1v) is 6.30. The molecule has 92 valence electrons. The van der Waals surface area contributed by atoms with Gasteiger partial charge < -0.3 is 9.30 Å². The lowest BCUT2D eigenvalue weighted by Crippen LogP contribution is -2.13. The van der Waals surface area contributed by atoms with Gasteiger partial charge in [-0.2, -0.15) is 0 Å². The van der Waals surface area contributed by atoms with Crippen molar-refractivity contribution in [3.63, 3.8) is 0 Å². The van der Waals surface area contributed by atoms with E-state index in [1.807, 2.05) is 18.2 Å². The molecule has 1 aromatic carbocycles. The fourth-order valence-electron chi connectivity index (χ4n) is 2.02. The molecule has 0 aliphatic heterocycles. The van der Waals surface area contributed by atoms with Gasteiger partial charge in [-0.3, -0.25) is 0 Å². The van der Waals surface area contributed by atoms with Crippen LogP contribution in [0.3, 0.4) is 0 Å². The third-order valence-corrected chi connectivity index (χ3v) is 3.17. The molecule has 1 unspecified atom stereocenters. The average Bonchev–Trinajstić information content (AvgIpc) is 2.66. The fourth-order valence-corrected chi connectivity index (χ4v) is 2.38. The van der Waals surface area contributed by atoms with E-state index in [4.69, 9.17) is 27.9 Å². The summed E-state index contributed by atoms with van der Waals surface area (Å²) in [5, 5.41) is 0.683. The molecule has 0 amide bonds. The number of hydrogen-bond acceptors (Lipinski definition) is 2. The quantitative estimate of drug-likeness (QED) is 0.795. The molecule has 5 heteroatoms. The van der Waals surface area contributed by atoms with Crippen molar-refractivity contribution in [1.82, 2.24) is 9.55 Å². The molecule has 0 saturated carbocycles. The molecule has 0 spiro atoms. The van der Waals surface area contributed by atoms with Crippen LogP contribution in [0.1, 0.15) is 18.8 Å². The monoisotopic (exact) mass is 272 g/mol. The molecule has 0 saturated heterocycles. The SMILES string of the molecule is COCC(C)n1c(CCl)nc2cc(Cl)ccc21. The Balaban J connectivity index is 2.58. The maximum atomic E-state index is 5.96. The van der Waals surface area contributed by atoms with Crippen molar-refractivity contribution in [2.24, 2.45) is 0 Å². The van der Waals surface area contributed by atoms with Crippen LogP contribution in [0.15, 0.2) is 18.2 Å². The van der Waals surface area contributed by atoms with Gasteiger partial charge in [0.1, 0.15) is 5.82 Å². The minimum atomic E-state index is 0.194. The van der Waals surface area contributed by atoms with Crippen LogP contribution in [0, 0.1) is 0 Å². The van der Waals surface area contributed by atoms with Gasteiger partial charge in [-0.15, -0.1) is 11.6 Å². The first-order chi connectivity index (χ1) is 8.17. The highest BCUT2D eigenvalue weighted by atomic mass is 35.5. The number of nitrogens with zero attached hydrogens (tertiary/aromatic N) is 2. The normalized spacial score (nSPS) is 13.2. The van der Waals surface area contributed by atoms with Crippen LogP contribution >= 0.6 is 23.2 Å². The van der Waals surface area contributed by atoms with E-state index < -0.39 is 0 Å². The van der Waals surface area contributed by atoms with E-state index in [2.05, 4.69) is 16.5 Å². The van der Waals surface area contributed by atoms with Gasteiger partial charge in [-0.05, 0) is 25.1 Å². The predicted octanol–water partition coefficient (Wildman–Crippen LogP) is 3.64. The van der Waals surface area contributed by atoms with E-state index in [0.29, 0.717) is 17.5 Å². The minimum absolute atomic E-state index is 0.194. The number of methoxy groups -OCH3 is 1. The van der Waals surface area contributed by atoms with Gasteiger partial charge in [-0.25, -0.2) is 4.98 Å². The summed E-state index contributed by atoms with van der Waals surface area (Å²) >= 11 is 11.9. The second-order valence-corrected chi connectivity index (χ2v) is 4.67. The van der Waals surface area contributed by atoms with Crippen LogP contribution in [-0.2, 0) is 10.6 Å². The molecule has 0 N–H and O–H groups in total. The number of ether oxygens (including phenoxy) is 1. The summed E-state index contributed by atoms with van der Waals surface area (Å²) in [7, 11) is 1.69. The molecule has 2 aromatic rings. The number of aromatic nitrogens is 2. The number of imidazole rings is 1. The zero-order valence-corrected chi connectivity index (χ0v) is 11.3. The summed E-state index contributed by atoms with van der Waals surface area (Å²) in [4.78, 5) is 4.49. The minimum Gasteiger partial charge on any atom is -0.383 e. The fraction of sp³-hybridized carbons (Fsp3) is 0.417. The Morgan fingerprint density at radius 2 is 2.24 bits per heavy atom. The second kappa shape index (κ2) is 5.25. The Bertz CT molecular complexity index is 524. The molecule has 0 radical (unpaired) electrons. The van der Waals surface area contributed by atoms with Gasteiger partial charge in [0.25, 0.3) is 0 Å². The van der Waals surface area contributed by atoms with E-state index in [0.717, 1.165) is 16.9 Å². The molecule has 0 bridgehead atoms. The molecule has 2 rings (SSSR count). The lowest BCUT2D eigenvalue weighted by molar-refractivity contribution is 0.163. The Hall–Kier alpha value is -0.770. The van der Waals surface area contributed by atoms with E-state index in [9.17, 15) is 0 Å². The van der Waals surface area contributed by atoms with Crippen molar-refractivity contribution in [1.29, 1.82) is 0 Å². The molecule has 0 fully saturated rings. The highest BCUT2D eigenvalue weighted by Gasteiger charge is 2.15. The van der Waals surface area contributed by atoms with Gasteiger partial charge >= 0.3 is 0 Å². The third-order valence-electron chi connectivity index (χ3n) is 2.69. The zero-order valence-electron chi connectivity index (χ0n) is 9.78. The Morgan fingerprint density at radius 3 is 2.88 bits per heavy atom. The number of benzene rings is 1. The van der Waals surface area contributed by atoms with Crippen molar-refractivity contribution in [2.75, 3.05) is 13.7 Å². The van der Waals surface area contributed by atoms with Crippen LogP contribution in [0.4, 0.5) is 0 Å². The summed E-state index contributed by atoms with van der Waals surface area (Å²) < 4.78 is 7.28. The van der Waals surface area contributed by atoms with Crippen LogP contribution in [-0.4, -0.2) is 23.3 Å². The second-order valence-electron chi connectivity index (χ2n) is 3.97. The third kappa shape index (κ3) is 2.41. The van der Waals surface area contributed by atoms with Gasteiger partial charge in [0, 0.05) is 12.1 Å². The first-order valence-electron chi connectivity index (χ1n) is 5.38. The zero-order chi connectivity index (χ0) is 12.4. The maximum Gasteiger partial charge on any atom is 0.125 e. The Morgan fingerprint density at radius 1 is 1.47 bits per heavy atom. The topological polar surface area (TPSA) is 27.1 Å². The van der Waals surface area contributed by atoms with Crippen LogP contribution in [0.2, 0.25) is 5.02 Å². The highest BCUT2D eigenvalue weighted by molar-refractivity contribution is 6.31. The molecule has 1 atom stereocenters. The smallest absolute Gasteiger partial charge is 0.125 e. The Kier molecular flexibility index (Phi) is 3.92. The van der Waals surface area contributed by atoms with Crippen molar-refractivity contribution >= 4 is 34.2 Å². The van der Waals surface area contributed by atoms with Gasteiger partial charge in [0.05, 0.1) is 29.6 Å². The molecular formula is C12H14Cl2N2O. The van der Waals surface area contributed by atoms with Crippen molar-refractivity contribution in [2.45, 2.75) is 18.8 Å². The maximum absolute atomic E-state index is 5.96. The van der Waals surface area contributed by atoms with Gasteiger partial charge in [-0.1, -0.05) is 11.6 Å². The predicted molar refractivity (Wildman–Crippen MR) is 70.9 cm³/mol. The molecular weight excluding hydrogens is 259 g/mol. The van der Waals surface area contributed by atoms with E-state index >= 15 is 0 Å². The van der Waals surface area contributed by atoms with Crippen molar-refractivity contribution in [3.8, 4) is 0 Å². The molecule has 17 heavy (non-hydrogen) atoms. The summed E-state index contributed by atoms with van der Waals surface area (Å²) in [6.45, 7) is 2.70. The van der Waals surface area contributed by atoms with Crippen molar-refractivity contribution in [3.05, 3.63) is 29.0 Å².